The molecule has 0 saturated carbocycles. The van der Waals surface area contributed by atoms with Crippen molar-refractivity contribution in [3.63, 3.8) is 0 Å². The highest BCUT2D eigenvalue weighted by Crippen LogP contribution is 2.26. The number of amides is 1. The zero-order chi connectivity index (χ0) is 9.84. The van der Waals surface area contributed by atoms with Gasteiger partial charge in [0.2, 0.25) is 5.91 Å². The van der Waals surface area contributed by atoms with Crippen LogP contribution in [0, 0.1) is 0 Å². The molecule has 0 heterocycles. The molecule has 1 rings (SSSR count). The van der Waals surface area contributed by atoms with E-state index in [1.807, 2.05) is 0 Å². The molecule has 1 aromatic carbocycles. The highest BCUT2D eigenvalue weighted by atomic mass is 35.5. The summed E-state index contributed by atoms with van der Waals surface area (Å²) in [4.78, 5) is 11.3. The first-order valence-corrected chi connectivity index (χ1v) is 5.19. The molecular weight excluding hydrogens is 229 g/mol. The van der Waals surface area contributed by atoms with Crippen molar-refractivity contribution in [3.8, 4) is 0 Å². The second kappa shape index (κ2) is 4.74. The highest BCUT2D eigenvalue weighted by Gasteiger charge is 2.00. The Morgan fingerprint density at radius 3 is 2.31 bits per heavy atom. The fourth-order valence-electron chi connectivity index (χ4n) is 0.766. The number of primary amides is 1. The number of hydrogen-bond donors (Lipinski definition) is 1. The number of thioether (sulfide) groups is 1. The summed E-state index contributed by atoms with van der Waals surface area (Å²) in [6.45, 7) is 0. The second-order valence-electron chi connectivity index (χ2n) is 2.36. The summed E-state index contributed by atoms with van der Waals surface area (Å²) in [5.74, 6) is -0.127. The molecule has 5 heteroatoms. The van der Waals surface area contributed by atoms with Gasteiger partial charge in [0, 0.05) is 14.9 Å². The van der Waals surface area contributed by atoms with Gasteiger partial charge in [-0.05, 0) is 18.2 Å². The molecule has 13 heavy (non-hydrogen) atoms. The number of benzene rings is 1. The number of hydrogen-bond acceptors (Lipinski definition) is 2. The third-order valence-corrected chi connectivity index (χ3v) is 2.65. The largest absolute Gasteiger partial charge is 0.369 e. The average Bonchev–Trinajstić information content (AvgIpc) is 1.99. The van der Waals surface area contributed by atoms with Crippen molar-refractivity contribution in [2.24, 2.45) is 5.73 Å². The van der Waals surface area contributed by atoms with Gasteiger partial charge in [-0.15, -0.1) is 11.8 Å². The number of carbonyl (C=O) groups excluding carboxylic acids is 1. The van der Waals surface area contributed by atoms with Crippen molar-refractivity contribution in [3.05, 3.63) is 28.2 Å². The normalized spacial score (nSPS) is 10.0. The summed E-state index contributed by atoms with van der Waals surface area (Å²) < 4.78 is 0. The van der Waals surface area contributed by atoms with Gasteiger partial charge >= 0.3 is 0 Å². The van der Waals surface area contributed by atoms with Crippen molar-refractivity contribution in [2.45, 2.75) is 4.90 Å². The zero-order valence-electron chi connectivity index (χ0n) is 6.59. The Bertz CT molecular complexity index is 310. The van der Waals surface area contributed by atoms with Crippen LogP contribution in [-0.2, 0) is 4.79 Å². The van der Waals surface area contributed by atoms with Crippen molar-refractivity contribution in [1.29, 1.82) is 0 Å². The van der Waals surface area contributed by atoms with Crippen molar-refractivity contribution in [1.82, 2.24) is 0 Å². The number of halogens is 2. The van der Waals surface area contributed by atoms with E-state index in [0.717, 1.165) is 4.90 Å². The first-order chi connectivity index (χ1) is 6.08. The fraction of sp³-hybridized carbons (Fsp3) is 0.125. The molecule has 0 radical (unpaired) electrons. The minimum Gasteiger partial charge on any atom is -0.369 e. The van der Waals surface area contributed by atoms with E-state index < -0.39 is 0 Å². The molecular formula is C8H7Cl2NOS. The lowest BCUT2D eigenvalue weighted by Gasteiger charge is -2.00. The molecule has 1 aromatic rings. The molecule has 0 aromatic heterocycles. The lowest BCUT2D eigenvalue weighted by Crippen LogP contribution is -2.12. The van der Waals surface area contributed by atoms with E-state index in [1.54, 1.807) is 18.2 Å². The Morgan fingerprint density at radius 2 is 1.85 bits per heavy atom. The average molecular weight is 236 g/mol. The van der Waals surface area contributed by atoms with Crippen LogP contribution < -0.4 is 5.73 Å². The summed E-state index contributed by atoms with van der Waals surface area (Å²) in [5, 5.41) is 1.11. The smallest absolute Gasteiger partial charge is 0.227 e. The van der Waals surface area contributed by atoms with Gasteiger partial charge in [0.05, 0.1) is 5.75 Å². The van der Waals surface area contributed by atoms with Crippen molar-refractivity contribution >= 4 is 40.9 Å². The molecule has 0 aliphatic heterocycles. The Kier molecular flexibility index (Phi) is 3.90. The predicted molar refractivity (Wildman–Crippen MR) is 56.4 cm³/mol. The Labute approximate surface area is 90.4 Å². The van der Waals surface area contributed by atoms with Gasteiger partial charge in [-0.2, -0.15) is 0 Å². The predicted octanol–water partition coefficient (Wildman–Crippen LogP) is 2.57. The lowest BCUT2D eigenvalue weighted by molar-refractivity contribution is -0.115. The lowest BCUT2D eigenvalue weighted by atomic mass is 10.4. The molecule has 0 atom stereocenters. The van der Waals surface area contributed by atoms with Gasteiger partial charge in [-0.25, -0.2) is 0 Å². The molecule has 0 bridgehead atoms. The Hall–Kier alpha value is -0.380. The van der Waals surface area contributed by atoms with Crippen LogP contribution in [0.2, 0.25) is 10.0 Å². The maximum Gasteiger partial charge on any atom is 0.227 e. The van der Waals surface area contributed by atoms with Crippen LogP contribution in [0.25, 0.3) is 0 Å². The molecule has 2 nitrogen and oxygen atoms in total. The van der Waals surface area contributed by atoms with Crippen LogP contribution in [-0.4, -0.2) is 11.7 Å². The summed E-state index contributed by atoms with van der Waals surface area (Å²) in [6.07, 6.45) is 0. The van der Waals surface area contributed by atoms with Crippen LogP contribution in [0.5, 0.6) is 0 Å². The Morgan fingerprint density at radius 1 is 1.31 bits per heavy atom. The summed E-state index contributed by atoms with van der Waals surface area (Å²) >= 11 is 12.8. The van der Waals surface area contributed by atoms with Crippen LogP contribution in [0.3, 0.4) is 0 Å². The van der Waals surface area contributed by atoms with Crippen molar-refractivity contribution in [2.75, 3.05) is 5.75 Å². The van der Waals surface area contributed by atoms with Crippen LogP contribution in [0.1, 0.15) is 0 Å². The highest BCUT2D eigenvalue weighted by molar-refractivity contribution is 8.00. The molecule has 70 valence electrons. The molecule has 0 aliphatic carbocycles. The summed E-state index contributed by atoms with van der Waals surface area (Å²) in [7, 11) is 0. The molecule has 0 aliphatic rings. The number of carbonyl (C=O) groups is 1. The third-order valence-electron chi connectivity index (χ3n) is 1.22. The zero-order valence-corrected chi connectivity index (χ0v) is 8.92. The number of rotatable bonds is 3. The maximum atomic E-state index is 10.5. The minimum absolute atomic E-state index is 0.233. The van der Waals surface area contributed by atoms with Gasteiger partial charge in [-0.3, -0.25) is 4.79 Å². The summed E-state index contributed by atoms with van der Waals surface area (Å²) in [5.41, 5.74) is 4.99. The molecule has 0 fully saturated rings. The van der Waals surface area contributed by atoms with E-state index in [4.69, 9.17) is 28.9 Å². The van der Waals surface area contributed by atoms with Crippen LogP contribution in [0.4, 0.5) is 0 Å². The van der Waals surface area contributed by atoms with Gasteiger partial charge in [0.1, 0.15) is 0 Å². The van der Waals surface area contributed by atoms with Crippen LogP contribution in [0.15, 0.2) is 23.1 Å². The van der Waals surface area contributed by atoms with E-state index in [2.05, 4.69) is 0 Å². The molecule has 0 saturated heterocycles. The van der Waals surface area contributed by atoms with E-state index in [-0.39, 0.29) is 11.7 Å². The monoisotopic (exact) mass is 235 g/mol. The van der Waals surface area contributed by atoms with E-state index in [9.17, 15) is 4.79 Å². The van der Waals surface area contributed by atoms with Crippen LogP contribution >= 0.6 is 35.0 Å². The van der Waals surface area contributed by atoms with Gasteiger partial charge < -0.3 is 5.73 Å². The first-order valence-electron chi connectivity index (χ1n) is 3.45. The first kappa shape index (κ1) is 10.7. The SMILES string of the molecule is NC(=O)CSc1cc(Cl)cc(Cl)c1. The number of nitrogens with two attached hydrogens (primary N) is 1. The molecule has 2 N–H and O–H groups in total. The molecule has 0 spiro atoms. The molecule has 1 amide bonds. The quantitative estimate of drug-likeness (QED) is 0.819. The van der Waals surface area contributed by atoms with E-state index in [1.165, 1.54) is 11.8 Å². The van der Waals surface area contributed by atoms with E-state index in [0.29, 0.717) is 10.0 Å². The Balaban J connectivity index is 2.71. The fourth-order valence-corrected chi connectivity index (χ4v) is 2.15. The van der Waals surface area contributed by atoms with Gasteiger partial charge in [0.15, 0.2) is 0 Å². The topological polar surface area (TPSA) is 43.1 Å². The van der Waals surface area contributed by atoms with Gasteiger partial charge in [-0.1, -0.05) is 23.2 Å². The maximum absolute atomic E-state index is 10.5. The standard InChI is InChI=1S/C8H7Cl2NOS/c9-5-1-6(10)3-7(2-5)13-4-8(11)12/h1-3H,4H2,(H2,11,12). The van der Waals surface area contributed by atoms with Gasteiger partial charge in [0.25, 0.3) is 0 Å². The minimum atomic E-state index is -0.360. The van der Waals surface area contributed by atoms with E-state index >= 15 is 0 Å². The third kappa shape index (κ3) is 3.89. The second-order valence-corrected chi connectivity index (χ2v) is 4.28. The summed E-state index contributed by atoms with van der Waals surface area (Å²) in [6, 6.07) is 5.11. The van der Waals surface area contributed by atoms with Crippen molar-refractivity contribution < 1.29 is 4.79 Å². The molecule has 0 unspecified atom stereocenters.